The van der Waals surface area contributed by atoms with Gasteiger partial charge >= 0.3 is 0 Å². The average Bonchev–Trinajstić information content (AvgIpc) is 2.93. The van der Waals surface area contributed by atoms with Crippen LogP contribution in [0.25, 0.3) is 0 Å². The standard InChI is InChI=1S/C12H19N3O/c16-12-11-5-6-13-15(11)8-7-14(12)9-10-3-1-2-4-10/h7-8,10-11,13H,1-6,9H2. The molecule has 2 aliphatic heterocycles. The molecule has 4 nitrogen and oxygen atoms in total. The van der Waals surface area contributed by atoms with Crippen LogP contribution in [0.4, 0.5) is 0 Å². The number of fused-ring (bicyclic) bond motifs is 1. The number of carbonyl (C=O) groups is 1. The van der Waals surface area contributed by atoms with Crippen molar-refractivity contribution < 1.29 is 4.79 Å². The summed E-state index contributed by atoms with van der Waals surface area (Å²) >= 11 is 0. The van der Waals surface area contributed by atoms with Crippen molar-refractivity contribution in [2.24, 2.45) is 5.92 Å². The van der Waals surface area contributed by atoms with Gasteiger partial charge in [-0.3, -0.25) is 4.79 Å². The Balaban J connectivity index is 1.67. The minimum atomic E-state index is 0.0476. The van der Waals surface area contributed by atoms with Crippen molar-refractivity contribution in [1.82, 2.24) is 15.3 Å². The number of hydrazine groups is 1. The van der Waals surface area contributed by atoms with Crippen LogP contribution in [0.1, 0.15) is 32.1 Å². The summed E-state index contributed by atoms with van der Waals surface area (Å²) < 4.78 is 0. The van der Waals surface area contributed by atoms with Crippen LogP contribution in [-0.4, -0.2) is 34.9 Å². The first-order chi connectivity index (χ1) is 7.84. The van der Waals surface area contributed by atoms with Gasteiger partial charge in [-0.1, -0.05) is 12.8 Å². The number of amides is 1. The van der Waals surface area contributed by atoms with E-state index < -0.39 is 0 Å². The van der Waals surface area contributed by atoms with Gasteiger partial charge in [0.25, 0.3) is 5.91 Å². The van der Waals surface area contributed by atoms with Gasteiger partial charge < -0.3 is 9.91 Å². The largest absolute Gasteiger partial charge is 0.315 e. The Bertz CT molecular complexity index is 309. The second kappa shape index (κ2) is 4.09. The van der Waals surface area contributed by atoms with E-state index in [-0.39, 0.29) is 11.9 Å². The van der Waals surface area contributed by atoms with Crippen molar-refractivity contribution in [3.63, 3.8) is 0 Å². The molecule has 0 aromatic rings. The molecule has 0 spiro atoms. The molecule has 1 atom stereocenters. The highest BCUT2D eigenvalue weighted by Crippen LogP contribution is 2.27. The normalized spacial score (nSPS) is 30.2. The zero-order valence-corrected chi connectivity index (χ0v) is 9.56. The molecule has 16 heavy (non-hydrogen) atoms. The van der Waals surface area contributed by atoms with E-state index in [0.29, 0.717) is 0 Å². The second-order valence-corrected chi connectivity index (χ2v) is 5.06. The minimum absolute atomic E-state index is 0.0476. The van der Waals surface area contributed by atoms with Crippen molar-refractivity contribution in [1.29, 1.82) is 0 Å². The molecular weight excluding hydrogens is 202 g/mol. The molecule has 1 aliphatic carbocycles. The van der Waals surface area contributed by atoms with Gasteiger partial charge in [0.15, 0.2) is 0 Å². The maximum absolute atomic E-state index is 12.2. The van der Waals surface area contributed by atoms with Crippen LogP contribution in [0, 0.1) is 5.92 Å². The van der Waals surface area contributed by atoms with Gasteiger partial charge in [-0.15, -0.1) is 0 Å². The van der Waals surface area contributed by atoms with Gasteiger partial charge in [0.1, 0.15) is 6.04 Å². The van der Waals surface area contributed by atoms with E-state index in [2.05, 4.69) is 5.43 Å². The van der Waals surface area contributed by atoms with Crippen LogP contribution in [0.5, 0.6) is 0 Å². The van der Waals surface area contributed by atoms with E-state index in [4.69, 9.17) is 0 Å². The zero-order chi connectivity index (χ0) is 11.0. The third kappa shape index (κ3) is 1.71. The molecule has 0 aromatic carbocycles. The number of nitrogens with zero attached hydrogens (tertiary/aromatic N) is 2. The molecule has 1 N–H and O–H groups in total. The summed E-state index contributed by atoms with van der Waals surface area (Å²) in [6, 6.07) is 0.0476. The fraction of sp³-hybridized carbons (Fsp3) is 0.750. The van der Waals surface area contributed by atoms with Crippen LogP contribution in [-0.2, 0) is 4.79 Å². The first kappa shape index (κ1) is 10.1. The Morgan fingerprint density at radius 1 is 1.25 bits per heavy atom. The highest BCUT2D eigenvalue weighted by molar-refractivity contribution is 5.84. The van der Waals surface area contributed by atoms with Crippen molar-refractivity contribution in [3.8, 4) is 0 Å². The molecule has 88 valence electrons. The molecule has 0 bridgehead atoms. The van der Waals surface area contributed by atoms with Crippen LogP contribution in [0.2, 0.25) is 0 Å². The Labute approximate surface area is 96.2 Å². The lowest BCUT2D eigenvalue weighted by molar-refractivity contribution is -0.135. The molecule has 2 fully saturated rings. The molecule has 3 aliphatic rings. The highest BCUT2D eigenvalue weighted by atomic mass is 16.2. The smallest absolute Gasteiger partial charge is 0.250 e. The van der Waals surface area contributed by atoms with Gasteiger partial charge in [-0.25, -0.2) is 5.43 Å². The third-order valence-electron chi connectivity index (χ3n) is 3.95. The number of rotatable bonds is 2. The average molecular weight is 221 g/mol. The zero-order valence-electron chi connectivity index (χ0n) is 9.56. The maximum Gasteiger partial charge on any atom is 0.250 e. The fourth-order valence-electron chi connectivity index (χ4n) is 3.02. The van der Waals surface area contributed by atoms with Gasteiger partial charge in [0.2, 0.25) is 0 Å². The Hall–Kier alpha value is -1.03. The van der Waals surface area contributed by atoms with Gasteiger partial charge in [0.05, 0.1) is 0 Å². The van der Waals surface area contributed by atoms with Gasteiger partial charge in [-0.2, -0.15) is 0 Å². The van der Waals surface area contributed by atoms with Crippen LogP contribution >= 0.6 is 0 Å². The van der Waals surface area contributed by atoms with Crippen molar-refractivity contribution >= 4 is 5.91 Å². The summed E-state index contributed by atoms with van der Waals surface area (Å²) in [5, 5.41) is 1.95. The van der Waals surface area contributed by atoms with Gasteiger partial charge in [-0.05, 0) is 25.2 Å². The SMILES string of the molecule is O=C1C2CCNN2C=CN1CC1CCCC1. The summed E-state index contributed by atoms with van der Waals surface area (Å²) in [4.78, 5) is 14.1. The summed E-state index contributed by atoms with van der Waals surface area (Å²) in [5.74, 6) is 1.01. The Morgan fingerprint density at radius 3 is 2.88 bits per heavy atom. The molecule has 0 radical (unpaired) electrons. The number of hydrogen-bond donors (Lipinski definition) is 1. The second-order valence-electron chi connectivity index (χ2n) is 5.06. The quantitative estimate of drug-likeness (QED) is 0.757. The fourth-order valence-corrected chi connectivity index (χ4v) is 3.02. The predicted molar refractivity (Wildman–Crippen MR) is 61.1 cm³/mol. The Kier molecular flexibility index (Phi) is 2.59. The number of carbonyl (C=O) groups excluding carboxylic acids is 1. The molecule has 3 rings (SSSR count). The highest BCUT2D eigenvalue weighted by Gasteiger charge is 2.35. The lowest BCUT2D eigenvalue weighted by atomic mass is 10.1. The van der Waals surface area contributed by atoms with Crippen molar-refractivity contribution in [2.45, 2.75) is 38.1 Å². The molecule has 0 aromatic heterocycles. The summed E-state index contributed by atoms with van der Waals surface area (Å²) in [6.07, 6.45) is 10.2. The summed E-state index contributed by atoms with van der Waals surface area (Å²) in [5.41, 5.74) is 3.20. The molecule has 4 heteroatoms. The molecule has 1 amide bonds. The molecule has 1 unspecified atom stereocenters. The van der Waals surface area contributed by atoms with E-state index in [1.807, 2.05) is 22.3 Å². The van der Waals surface area contributed by atoms with Crippen molar-refractivity contribution in [3.05, 3.63) is 12.4 Å². The van der Waals surface area contributed by atoms with E-state index in [1.54, 1.807) is 0 Å². The number of nitrogens with one attached hydrogen (secondary N) is 1. The first-order valence-electron chi connectivity index (χ1n) is 6.35. The maximum atomic E-state index is 12.2. The summed E-state index contributed by atoms with van der Waals surface area (Å²) in [6.45, 7) is 1.84. The van der Waals surface area contributed by atoms with E-state index in [9.17, 15) is 4.79 Å². The minimum Gasteiger partial charge on any atom is -0.315 e. The lowest BCUT2D eigenvalue weighted by Crippen LogP contribution is -2.48. The van der Waals surface area contributed by atoms with Gasteiger partial charge in [0, 0.05) is 25.5 Å². The Morgan fingerprint density at radius 2 is 2.06 bits per heavy atom. The van der Waals surface area contributed by atoms with E-state index in [1.165, 1.54) is 25.7 Å². The van der Waals surface area contributed by atoms with E-state index in [0.717, 1.165) is 25.4 Å². The lowest BCUT2D eigenvalue weighted by Gasteiger charge is -2.33. The monoisotopic (exact) mass is 221 g/mol. The third-order valence-corrected chi connectivity index (χ3v) is 3.95. The van der Waals surface area contributed by atoms with Crippen LogP contribution in [0.15, 0.2) is 12.4 Å². The van der Waals surface area contributed by atoms with E-state index >= 15 is 0 Å². The molecular formula is C12H19N3O. The molecule has 1 saturated carbocycles. The van der Waals surface area contributed by atoms with Crippen LogP contribution in [0.3, 0.4) is 0 Å². The predicted octanol–water partition coefficient (Wildman–Crippen LogP) is 1.07. The summed E-state index contributed by atoms with van der Waals surface area (Å²) in [7, 11) is 0. The topological polar surface area (TPSA) is 35.6 Å². The van der Waals surface area contributed by atoms with Crippen LogP contribution < -0.4 is 5.43 Å². The first-order valence-corrected chi connectivity index (χ1v) is 6.35. The van der Waals surface area contributed by atoms with Crippen molar-refractivity contribution in [2.75, 3.05) is 13.1 Å². The molecule has 1 saturated heterocycles. The molecule has 2 heterocycles. The number of hydrogen-bond acceptors (Lipinski definition) is 3.